The van der Waals surface area contributed by atoms with E-state index in [9.17, 15) is 4.79 Å². The van der Waals surface area contributed by atoms with Crippen LogP contribution < -0.4 is 10.2 Å². The molecule has 4 nitrogen and oxygen atoms in total. The SMILES string of the molecule is O=C1COCC2(CCNCC2)N1c1ccccc1Cl. The summed E-state index contributed by atoms with van der Waals surface area (Å²) in [6, 6.07) is 7.54. The molecule has 1 amide bonds. The van der Waals surface area contributed by atoms with E-state index in [1.54, 1.807) is 0 Å². The summed E-state index contributed by atoms with van der Waals surface area (Å²) >= 11 is 6.27. The van der Waals surface area contributed by atoms with Gasteiger partial charge in [0.05, 0.1) is 22.9 Å². The van der Waals surface area contributed by atoms with Crippen LogP contribution in [0.3, 0.4) is 0 Å². The normalized spacial score (nSPS) is 22.8. The molecule has 0 radical (unpaired) electrons. The van der Waals surface area contributed by atoms with Gasteiger partial charge in [-0.1, -0.05) is 23.7 Å². The molecular weight excluding hydrogens is 264 g/mol. The van der Waals surface area contributed by atoms with Crippen molar-refractivity contribution < 1.29 is 9.53 Å². The highest BCUT2D eigenvalue weighted by atomic mass is 35.5. The molecule has 2 saturated heterocycles. The molecular formula is C14H17ClN2O2. The van der Waals surface area contributed by atoms with Crippen molar-refractivity contribution in [3.63, 3.8) is 0 Å². The van der Waals surface area contributed by atoms with E-state index in [1.165, 1.54) is 0 Å². The van der Waals surface area contributed by atoms with Crippen molar-refractivity contribution in [3.05, 3.63) is 29.3 Å². The van der Waals surface area contributed by atoms with Crippen molar-refractivity contribution in [2.75, 3.05) is 31.2 Å². The lowest BCUT2D eigenvalue weighted by molar-refractivity contribution is -0.131. The van der Waals surface area contributed by atoms with E-state index in [0.29, 0.717) is 11.6 Å². The van der Waals surface area contributed by atoms with Gasteiger partial charge in [0.1, 0.15) is 6.61 Å². The van der Waals surface area contributed by atoms with Crippen LogP contribution in [0, 0.1) is 0 Å². The molecule has 2 fully saturated rings. The van der Waals surface area contributed by atoms with Gasteiger partial charge in [-0.05, 0) is 38.1 Å². The maximum atomic E-state index is 12.3. The van der Waals surface area contributed by atoms with Crippen LogP contribution in [0.2, 0.25) is 5.02 Å². The predicted octanol–water partition coefficient (Wildman–Crippen LogP) is 1.83. The third kappa shape index (κ3) is 2.24. The summed E-state index contributed by atoms with van der Waals surface area (Å²) in [6.45, 7) is 2.53. The highest BCUT2D eigenvalue weighted by molar-refractivity contribution is 6.33. The molecule has 0 atom stereocenters. The molecule has 2 aliphatic heterocycles. The first kappa shape index (κ1) is 12.9. The Labute approximate surface area is 117 Å². The molecule has 3 rings (SSSR count). The molecule has 19 heavy (non-hydrogen) atoms. The van der Waals surface area contributed by atoms with Gasteiger partial charge in [-0.2, -0.15) is 0 Å². The molecule has 1 N–H and O–H groups in total. The van der Waals surface area contributed by atoms with Crippen molar-refractivity contribution >= 4 is 23.2 Å². The second-order valence-corrected chi connectivity index (χ2v) is 5.55. The number of para-hydroxylation sites is 1. The molecule has 2 heterocycles. The predicted molar refractivity (Wildman–Crippen MR) is 74.6 cm³/mol. The van der Waals surface area contributed by atoms with Gasteiger partial charge < -0.3 is 15.0 Å². The lowest BCUT2D eigenvalue weighted by Crippen LogP contribution is -2.63. The summed E-state index contributed by atoms with van der Waals surface area (Å²) in [4.78, 5) is 14.2. The Kier molecular flexibility index (Phi) is 3.48. The van der Waals surface area contributed by atoms with Gasteiger partial charge >= 0.3 is 0 Å². The van der Waals surface area contributed by atoms with Crippen LogP contribution >= 0.6 is 11.6 Å². The highest BCUT2D eigenvalue weighted by Crippen LogP contribution is 2.37. The van der Waals surface area contributed by atoms with Gasteiger partial charge in [0.2, 0.25) is 0 Å². The number of amides is 1. The fraction of sp³-hybridized carbons (Fsp3) is 0.500. The summed E-state index contributed by atoms with van der Waals surface area (Å²) in [5.41, 5.74) is 0.561. The zero-order chi connectivity index (χ0) is 13.3. The standard InChI is InChI=1S/C14H17ClN2O2/c15-11-3-1-2-4-12(11)17-13(18)9-19-10-14(17)5-7-16-8-6-14/h1-4,16H,5-10H2. The van der Waals surface area contributed by atoms with E-state index < -0.39 is 0 Å². The van der Waals surface area contributed by atoms with E-state index >= 15 is 0 Å². The first-order valence-electron chi connectivity index (χ1n) is 6.59. The lowest BCUT2D eigenvalue weighted by atomic mass is 9.85. The Hall–Kier alpha value is -1.10. The van der Waals surface area contributed by atoms with Gasteiger partial charge in [0.25, 0.3) is 5.91 Å². The third-order valence-electron chi connectivity index (χ3n) is 3.95. The van der Waals surface area contributed by atoms with Gasteiger partial charge in [-0.15, -0.1) is 0 Å². The molecule has 1 spiro atoms. The highest BCUT2D eigenvalue weighted by Gasteiger charge is 2.45. The molecule has 102 valence electrons. The Bertz CT molecular complexity index is 481. The minimum atomic E-state index is -0.244. The van der Waals surface area contributed by atoms with E-state index in [1.807, 2.05) is 29.2 Å². The number of halogens is 1. The summed E-state index contributed by atoms with van der Waals surface area (Å²) in [5.74, 6) is 0.00116. The van der Waals surface area contributed by atoms with Crippen LogP contribution in [0.5, 0.6) is 0 Å². The third-order valence-corrected chi connectivity index (χ3v) is 4.27. The number of hydrogen-bond donors (Lipinski definition) is 1. The Morgan fingerprint density at radius 2 is 2.00 bits per heavy atom. The number of piperidine rings is 1. The van der Waals surface area contributed by atoms with E-state index in [2.05, 4.69) is 5.32 Å². The molecule has 0 unspecified atom stereocenters. The largest absolute Gasteiger partial charge is 0.369 e. The summed E-state index contributed by atoms with van der Waals surface area (Å²) in [6.07, 6.45) is 1.79. The lowest BCUT2D eigenvalue weighted by Gasteiger charge is -2.49. The summed E-state index contributed by atoms with van der Waals surface area (Å²) < 4.78 is 5.50. The number of anilines is 1. The van der Waals surface area contributed by atoms with Crippen LogP contribution in [-0.4, -0.2) is 37.7 Å². The molecule has 0 saturated carbocycles. The van der Waals surface area contributed by atoms with Crippen LogP contribution in [0.1, 0.15) is 12.8 Å². The fourth-order valence-corrected chi connectivity index (χ4v) is 3.23. The van der Waals surface area contributed by atoms with Crippen LogP contribution in [-0.2, 0) is 9.53 Å². The smallest absolute Gasteiger partial charge is 0.253 e. The average molecular weight is 281 g/mol. The Morgan fingerprint density at radius 1 is 1.26 bits per heavy atom. The molecule has 1 aromatic rings. The summed E-state index contributed by atoms with van der Waals surface area (Å²) in [7, 11) is 0. The maximum Gasteiger partial charge on any atom is 0.253 e. The number of rotatable bonds is 1. The molecule has 0 aliphatic carbocycles. The van der Waals surface area contributed by atoms with Crippen molar-refractivity contribution in [2.24, 2.45) is 0 Å². The molecule has 0 aromatic heterocycles. The van der Waals surface area contributed by atoms with Gasteiger partial charge in [0.15, 0.2) is 0 Å². The van der Waals surface area contributed by atoms with Crippen molar-refractivity contribution in [1.82, 2.24) is 5.32 Å². The number of ether oxygens (including phenoxy) is 1. The molecule has 2 aliphatic rings. The average Bonchev–Trinajstić information content (AvgIpc) is 2.42. The number of hydrogen-bond acceptors (Lipinski definition) is 3. The van der Waals surface area contributed by atoms with E-state index in [4.69, 9.17) is 16.3 Å². The fourth-order valence-electron chi connectivity index (χ4n) is 3.00. The minimum Gasteiger partial charge on any atom is -0.369 e. The van der Waals surface area contributed by atoms with Gasteiger partial charge in [-0.25, -0.2) is 0 Å². The number of carbonyl (C=O) groups is 1. The minimum absolute atomic E-state index is 0.00116. The zero-order valence-electron chi connectivity index (χ0n) is 10.7. The van der Waals surface area contributed by atoms with E-state index in [-0.39, 0.29) is 18.1 Å². The van der Waals surface area contributed by atoms with E-state index in [0.717, 1.165) is 31.6 Å². The van der Waals surface area contributed by atoms with Crippen LogP contribution in [0.25, 0.3) is 0 Å². The molecule has 1 aromatic carbocycles. The second kappa shape index (κ2) is 5.12. The first-order chi connectivity index (χ1) is 9.23. The second-order valence-electron chi connectivity index (χ2n) is 5.15. The first-order valence-corrected chi connectivity index (χ1v) is 6.97. The monoisotopic (exact) mass is 280 g/mol. The maximum absolute atomic E-state index is 12.3. The van der Waals surface area contributed by atoms with Gasteiger partial charge in [-0.3, -0.25) is 4.79 Å². The molecule has 5 heteroatoms. The quantitative estimate of drug-likeness (QED) is 0.853. The number of nitrogens with zero attached hydrogens (tertiary/aromatic N) is 1. The Balaban J connectivity index is 2.03. The van der Waals surface area contributed by atoms with Crippen molar-refractivity contribution in [2.45, 2.75) is 18.4 Å². The number of carbonyl (C=O) groups excluding carboxylic acids is 1. The van der Waals surface area contributed by atoms with Crippen molar-refractivity contribution in [1.29, 1.82) is 0 Å². The Morgan fingerprint density at radius 3 is 2.74 bits per heavy atom. The van der Waals surface area contributed by atoms with Gasteiger partial charge in [0, 0.05) is 0 Å². The molecule has 0 bridgehead atoms. The topological polar surface area (TPSA) is 41.6 Å². The van der Waals surface area contributed by atoms with Crippen LogP contribution in [0.4, 0.5) is 5.69 Å². The number of benzene rings is 1. The van der Waals surface area contributed by atoms with Crippen LogP contribution in [0.15, 0.2) is 24.3 Å². The number of nitrogens with one attached hydrogen (secondary N) is 1. The number of morpholine rings is 1. The zero-order valence-corrected chi connectivity index (χ0v) is 11.4. The summed E-state index contributed by atoms with van der Waals surface area (Å²) in [5, 5.41) is 3.95. The van der Waals surface area contributed by atoms with Crippen molar-refractivity contribution in [3.8, 4) is 0 Å².